The number of aliphatic carboxylic acids is 1. The van der Waals surface area contributed by atoms with Gasteiger partial charge < -0.3 is 5.11 Å². The number of carbonyl (C=O) groups is 1. The molecular formula is C14H22O2. The molecule has 0 amide bonds. The van der Waals surface area contributed by atoms with Crippen LogP contribution >= 0.6 is 0 Å². The zero-order valence-electron chi connectivity index (χ0n) is 10.9. The molecule has 16 heavy (non-hydrogen) atoms. The second-order valence-corrected chi connectivity index (χ2v) is 4.45. The Bertz CT molecular complexity index is 344. The van der Waals surface area contributed by atoms with Crippen molar-refractivity contribution in [3.05, 3.63) is 35.5 Å². The van der Waals surface area contributed by atoms with E-state index in [1.165, 1.54) is 5.57 Å². The van der Waals surface area contributed by atoms with E-state index in [4.69, 9.17) is 5.11 Å². The summed E-state index contributed by atoms with van der Waals surface area (Å²) in [5, 5.41) is 9.07. The average Bonchev–Trinajstić information content (AvgIpc) is 2.18. The van der Waals surface area contributed by atoms with E-state index in [0.717, 1.165) is 12.0 Å². The Hall–Kier alpha value is -1.31. The van der Waals surface area contributed by atoms with Gasteiger partial charge in [0.15, 0.2) is 0 Å². The molecule has 0 rings (SSSR count). The van der Waals surface area contributed by atoms with Gasteiger partial charge in [-0.05, 0) is 50.8 Å². The first-order chi connectivity index (χ1) is 7.27. The van der Waals surface area contributed by atoms with E-state index in [1.54, 1.807) is 13.8 Å². The minimum atomic E-state index is -0.909. The maximum atomic E-state index is 11.0. The predicted octanol–water partition coefficient (Wildman–Crippen LogP) is 3.96. The van der Waals surface area contributed by atoms with Gasteiger partial charge in [-0.25, -0.2) is 0 Å². The highest BCUT2D eigenvalue weighted by atomic mass is 16.4. The summed E-state index contributed by atoms with van der Waals surface area (Å²) in [6.45, 7) is 13.2. The molecule has 0 aliphatic carbocycles. The minimum Gasteiger partial charge on any atom is -0.481 e. The molecule has 90 valence electrons. The monoisotopic (exact) mass is 222 g/mol. The summed E-state index contributed by atoms with van der Waals surface area (Å²) in [5.41, 5.74) is 2.03. The van der Waals surface area contributed by atoms with Crippen molar-refractivity contribution in [2.24, 2.45) is 5.41 Å². The van der Waals surface area contributed by atoms with Crippen LogP contribution in [0.4, 0.5) is 0 Å². The Labute approximate surface area is 98.4 Å². The first-order valence-electron chi connectivity index (χ1n) is 5.54. The van der Waals surface area contributed by atoms with Crippen molar-refractivity contribution < 1.29 is 9.90 Å². The van der Waals surface area contributed by atoms with Crippen molar-refractivity contribution >= 4 is 5.97 Å². The second-order valence-electron chi connectivity index (χ2n) is 4.45. The number of allylic oxidation sites excluding steroid dienone is 4. The van der Waals surface area contributed by atoms with Gasteiger partial charge in [0.25, 0.3) is 0 Å². The van der Waals surface area contributed by atoms with Crippen molar-refractivity contribution in [2.75, 3.05) is 0 Å². The minimum absolute atomic E-state index is 0.630. The smallest absolute Gasteiger partial charge is 0.313 e. The standard InChI is InChI=1S/C14H22O2/c1-7-12(8-2)10(3)9-11(4)14(5,6)13(15)16/h7,9H,4,8H2,1-3,5-6H3,(H,15,16)/b10-9-,12-7-. The van der Waals surface area contributed by atoms with E-state index < -0.39 is 11.4 Å². The molecule has 0 aliphatic rings. The molecule has 0 saturated heterocycles. The molecule has 0 aromatic carbocycles. The summed E-state index contributed by atoms with van der Waals surface area (Å²) in [6, 6.07) is 0. The van der Waals surface area contributed by atoms with Crippen molar-refractivity contribution in [3.8, 4) is 0 Å². The fourth-order valence-corrected chi connectivity index (χ4v) is 1.38. The number of rotatable bonds is 5. The molecular weight excluding hydrogens is 200 g/mol. The van der Waals surface area contributed by atoms with Crippen LogP contribution in [0.1, 0.15) is 41.0 Å². The quantitative estimate of drug-likeness (QED) is 0.715. The lowest BCUT2D eigenvalue weighted by atomic mass is 9.83. The summed E-state index contributed by atoms with van der Waals surface area (Å²) in [5.74, 6) is -0.847. The van der Waals surface area contributed by atoms with Crippen LogP contribution in [0.15, 0.2) is 35.5 Å². The molecule has 0 unspecified atom stereocenters. The van der Waals surface area contributed by atoms with Crippen LogP contribution in [-0.2, 0) is 4.79 Å². The van der Waals surface area contributed by atoms with Crippen LogP contribution in [0, 0.1) is 5.41 Å². The highest BCUT2D eigenvalue weighted by Crippen LogP contribution is 2.28. The van der Waals surface area contributed by atoms with Crippen LogP contribution in [0.2, 0.25) is 0 Å². The van der Waals surface area contributed by atoms with Gasteiger partial charge in [0, 0.05) is 0 Å². The van der Waals surface area contributed by atoms with Crippen molar-refractivity contribution in [1.29, 1.82) is 0 Å². The van der Waals surface area contributed by atoms with Gasteiger partial charge in [-0.1, -0.05) is 25.7 Å². The van der Waals surface area contributed by atoms with Crippen LogP contribution < -0.4 is 0 Å². The Kier molecular flexibility index (Phi) is 5.22. The van der Waals surface area contributed by atoms with E-state index in [9.17, 15) is 4.79 Å². The highest BCUT2D eigenvalue weighted by Gasteiger charge is 2.29. The van der Waals surface area contributed by atoms with Gasteiger partial charge in [-0.15, -0.1) is 0 Å². The van der Waals surface area contributed by atoms with E-state index in [-0.39, 0.29) is 0 Å². The highest BCUT2D eigenvalue weighted by molar-refractivity contribution is 5.78. The molecule has 2 nitrogen and oxygen atoms in total. The molecule has 0 heterocycles. The number of carboxylic acids is 1. The Morgan fingerprint density at radius 1 is 1.44 bits per heavy atom. The van der Waals surface area contributed by atoms with Gasteiger partial charge in [0.1, 0.15) is 0 Å². The lowest BCUT2D eigenvalue weighted by Crippen LogP contribution is -2.24. The first kappa shape index (κ1) is 14.7. The number of carboxylic acid groups (broad SMARTS) is 1. The maximum absolute atomic E-state index is 11.0. The van der Waals surface area contributed by atoms with Crippen molar-refractivity contribution in [3.63, 3.8) is 0 Å². The van der Waals surface area contributed by atoms with Gasteiger partial charge in [-0.3, -0.25) is 4.79 Å². The fraction of sp³-hybridized carbons (Fsp3) is 0.500. The zero-order chi connectivity index (χ0) is 12.9. The normalized spacial score (nSPS) is 13.8. The van der Waals surface area contributed by atoms with Crippen LogP contribution in [0.3, 0.4) is 0 Å². The Morgan fingerprint density at radius 2 is 1.94 bits per heavy atom. The summed E-state index contributed by atoms with van der Waals surface area (Å²) < 4.78 is 0. The van der Waals surface area contributed by atoms with Crippen LogP contribution in [0.25, 0.3) is 0 Å². The Morgan fingerprint density at radius 3 is 2.25 bits per heavy atom. The molecule has 0 bridgehead atoms. The summed E-state index contributed by atoms with van der Waals surface area (Å²) >= 11 is 0. The third-order valence-electron chi connectivity index (χ3n) is 2.96. The maximum Gasteiger partial charge on any atom is 0.313 e. The molecule has 0 saturated carbocycles. The average molecular weight is 222 g/mol. The summed E-state index contributed by atoms with van der Waals surface area (Å²) in [6.07, 6.45) is 4.86. The zero-order valence-corrected chi connectivity index (χ0v) is 10.9. The van der Waals surface area contributed by atoms with E-state index in [2.05, 4.69) is 13.5 Å². The van der Waals surface area contributed by atoms with Gasteiger partial charge in [0.2, 0.25) is 0 Å². The summed E-state index contributed by atoms with van der Waals surface area (Å²) in [7, 11) is 0. The van der Waals surface area contributed by atoms with Crippen molar-refractivity contribution in [2.45, 2.75) is 41.0 Å². The van der Waals surface area contributed by atoms with Crippen molar-refractivity contribution in [1.82, 2.24) is 0 Å². The lowest BCUT2D eigenvalue weighted by Gasteiger charge is -2.20. The number of hydrogen-bond donors (Lipinski definition) is 1. The molecule has 0 atom stereocenters. The molecule has 0 spiro atoms. The second kappa shape index (κ2) is 5.69. The molecule has 0 aliphatic heterocycles. The fourth-order valence-electron chi connectivity index (χ4n) is 1.38. The molecule has 0 radical (unpaired) electrons. The van der Waals surface area contributed by atoms with Gasteiger partial charge in [-0.2, -0.15) is 0 Å². The predicted molar refractivity (Wildman–Crippen MR) is 68.4 cm³/mol. The molecule has 0 aromatic rings. The molecule has 1 N–H and O–H groups in total. The van der Waals surface area contributed by atoms with Crippen LogP contribution in [0.5, 0.6) is 0 Å². The first-order valence-corrected chi connectivity index (χ1v) is 5.54. The third kappa shape index (κ3) is 3.37. The van der Waals surface area contributed by atoms with E-state index in [0.29, 0.717) is 5.57 Å². The van der Waals surface area contributed by atoms with E-state index in [1.807, 2.05) is 26.0 Å². The third-order valence-corrected chi connectivity index (χ3v) is 2.96. The van der Waals surface area contributed by atoms with Gasteiger partial charge >= 0.3 is 5.97 Å². The largest absolute Gasteiger partial charge is 0.481 e. The van der Waals surface area contributed by atoms with Gasteiger partial charge in [0.05, 0.1) is 5.41 Å². The van der Waals surface area contributed by atoms with E-state index >= 15 is 0 Å². The Balaban J connectivity index is 5.06. The molecule has 2 heteroatoms. The van der Waals surface area contributed by atoms with Crippen LogP contribution in [-0.4, -0.2) is 11.1 Å². The topological polar surface area (TPSA) is 37.3 Å². The molecule has 0 aromatic heterocycles. The number of hydrogen-bond acceptors (Lipinski definition) is 1. The molecule has 0 fully saturated rings. The summed E-state index contributed by atoms with van der Waals surface area (Å²) in [4.78, 5) is 11.0. The lowest BCUT2D eigenvalue weighted by molar-refractivity contribution is -0.144. The SMILES string of the molecule is C=C(/C=C(C)\C(=C/C)CC)C(C)(C)C(=O)O.